The third-order valence-corrected chi connectivity index (χ3v) is 2.94. The molecule has 1 rings (SSSR count). The molecule has 1 unspecified atom stereocenters. The minimum Gasteiger partial charge on any atom is -0.389 e. The smallest absolute Gasteiger partial charge is 0.186 e. The number of hydrogen-bond donors (Lipinski definition) is 1. The van der Waals surface area contributed by atoms with Crippen molar-refractivity contribution in [3.63, 3.8) is 0 Å². The second-order valence-electron chi connectivity index (χ2n) is 3.02. The standard InChI is InChI=1S/C11H12O3S/c1-8(13)15-11(10(14)7-12)9-5-3-2-4-6-9/h2-6,11-12H,7H2,1H3. The number of aliphatic hydroxyl groups is 1. The van der Waals surface area contributed by atoms with Crippen molar-refractivity contribution in [1.29, 1.82) is 0 Å². The van der Waals surface area contributed by atoms with Crippen LogP contribution >= 0.6 is 11.8 Å². The molecule has 1 aromatic carbocycles. The third kappa shape index (κ3) is 3.49. The predicted molar refractivity (Wildman–Crippen MR) is 59.5 cm³/mol. The van der Waals surface area contributed by atoms with E-state index >= 15 is 0 Å². The van der Waals surface area contributed by atoms with Gasteiger partial charge in [-0.15, -0.1) is 0 Å². The number of Topliss-reactive ketones (excluding diaryl/α,β-unsaturated/α-hetero) is 1. The van der Waals surface area contributed by atoms with E-state index in [0.717, 1.165) is 17.3 Å². The van der Waals surface area contributed by atoms with E-state index in [1.165, 1.54) is 6.92 Å². The van der Waals surface area contributed by atoms with E-state index < -0.39 is 11.9 Å². The number of carbonyl (C=O) groups excluding carboxylic acids is 2. The molecule has 0 heterocycles. The number of ketones is 1. The van der Waals surface area contributed by atoms with Crippen LogP contribution in [0.2, 0.25) is 0 Å². The fourth-order valence-corrected chi connectivity index (χ4v) is 2.03. The first kappa shape index (κ1) is 11.9. The summed E-state index contributed by atoms with van der Waals surface area (Å²) in [5.74, 6) is -0.346. The van der Waals surface area contributed by atoms with Crippen LogP contribution in [0.4, 0.5) is 0 Å². The van der Waals surface area contributed by atoms with Gasteiger partial charge >= 0.3 is 0 Å². The van der Waals surface area contributed by atoms with Crippen molar-refractivity contribution in [3.8, 4) is 0 Å². The Hall–Kier alpha value is -1.13. The average Bonchev–Trinajstić information content (AvgIpc) is 2.26. The lowest BCUT2D eigenvalue weighted by Gasteiger charge is -2.12. The zero-order chi connectivity index (χ0) is 11.3. The van der Waals surface area contributed by atoms with Crippen molar-refractivity contribution >= 4 is 22.7 Å². The Balaban J connectivity index is 2.91. The van der Waals surface area contributed by atoms with Gasteiger partial charge in [0.05, 0.1) is 5.25 Å². The highest BCUT2D eigenvalue weighted by Gasteiger charge is 2.21. The van der Waals surface area contributed by atoms with E-state index in [9.17, 15) is 9.59 Å². The van der Waals surface area contributed by atoms with Crippen molar-refractivity contribution in [2.75, 3.05) is 6.61 Å². The van der Waals surface area contributed by atoms with Gasteiger partial charge in [0.2, 0.25) is 0 Å². The van der Waals surface area contributed by atoms with Gasteiger partial charge in [-0.25, -0.2) is 0 Å². The molecule has 0 saturated carbocycles. The van der Waals surface area contributed by atoms with Crippen LogP contribution in [0.1, 0.15) is 17.7 Å². The molecular formula is C11H12O3S. The number of thioether (sulfide) groups is 1. The maximum absolute atomic E-state index is 11.4. The SMILES string of the molecule is CC(=O)SC(C(=O)CO)c1ccccc1. The Morgan fingerprint density at radius 3 is 2.40 bits per heavy atom. The molecule has 0 fully saturated rings. The summed E-state index contributed by atoms with van der Waals surface area (Å²) < 4.78 is 0. The highest BCUT2D eigenvalue weighted by atomic mass is 32.2. The molecule has 0 radical (unpaired) electrons. The van der Waals surface area contributed by atoms with E-state index in [1.54, 1.807) is 24.3 Å². The van der Waals surface area contributed by atoms with Gasteiger partial charge in [-0.1, -0.05) is 42.1 Å². The summed E-state index contributed by atoms with van der Waals surface area (Å²) in [6, 6.07) is 8.98. The van der Waals surface area contributed by atoms with Crippen molar-refractivity contribution in [2.24, 2.45) is 0 Å². The summed E-state index contributed by atoms with van der Waals surface area (Å²) in [5, 5.41) is 8.08. The van der Waals surface area contributed by atoms with E-state index in [4.69, 9.17) is 5.11 Å². The molecule has 1 N–H and O–H groups in total. The molecule has 3 nitrogen and oxygen atoms in total. The predicted octanol–water partition coefficient (Wildman–Crippen LogP) is 1.57. The molecule has 1 atom stereocenters. The van der Waals surface area contributed by atoms with Crippen molar-refractivity contribution < 1.29 is 14.7 Å². The summed E-state index contributed by atoms with van der Waals surface area (Å²) >= 11 is 0.937. The second kappa shape index (κ2) is 5.68. The largest absolute Gasteiger partial charge is 0.389 e. The number of aliphatic hydroxyl groups excluding tert-OH is 1. The van der Waals surface area contributed by atoms with Crippen LogP contribution in [0.25, 0.3) is 0 Å². The average molecular weight is 224 g/mol. The van der Waals surface area contributed by atoms with Crippen molar-refractivity contribution in [1.82, 2.24) is 0 Å². The number of carbonyl (C=O) groups is 2. The van der Waals surface area contributed by atoms with E-state index in [0.29, 0.717) is 0 Å². The zero-order valence-corrected chi connectivity index (χ0v) is 9.16. The van der Waals surface area contributed by atoms with Gasteiger partial charge in [0.15, 0.2) is 10.9 Å². The lowest BCUT2D eigenvalue weighted by Crippen LogP contribution is -2.14. The molecule has 0 bridgehead atoms. The summed E-state index contributed by atoms with van der Waals surface area (Å²) in [6.07, 6.45) is 0. The second-order valence-corrected chi connectivity index (χ2v) is 4.31. The van der Waals surface area contributed by atoms with E-state index in [2.05, 4.69) is 0 Å². The molecule has 0 saturated heterocycles. The first-order chi connectivity index (χ1) is 7.15. The van der Waals surface area contributed by atoms with Gasteiger partial charge in [-0.05, 0) is 5.56 Å². The molecule has 0 aliphatic carbocycles. The lowest BCUT2D eigenvalue weighted by atomic mass is 10.1. The summed E-state index contributed by atoms with van der Waals surface area (Å²) in [5.41, 5.74) is 0.747. The lowest BCUT2D eigenvalue weighted by molar-refractivity contribution is -0.121. The summed E-state index contributed by atoms with van der Waals surface area (Å²) in [7, 11) is 0. The molecule has 0 aromatic heterocycles. The van der Waals surface area contributed by atoms with Crippen LogP contribution in [-0.4, -0.2) is 22.6 Å². The third-order valence-electron chi connectivity index (χ3n) is 1.83. The molecular weight excluding hydrogens is 212 g/mol. The van der Waals surface area contributed by atoms with Crippen LogP contribution in [0.3, 0.4) is 0 Å². The summed E-state index contributed by atoms with van der Waals surface area (Å²) in [4.78, 5) is 22.4. The minimum absolute atomic E-state index is 0.134. The first-order valence-corrected chi connectivity index (χ1v) is 5.39. The Morgan fingerprint density at radius 1 is 1.33 bits per heavy atom. The number of benzene rings is 1. The zero-order valence-electron chi connectivity index (χ0n) is 8.34. The fourth-order valence-electron chi connectivity index (χ4n) is 1.20. The maximum atomic E-state index is 11.4. The molecule has 1 aromatic rings. The van der Waals surface area contributed by atoms with Gasteiger partial charge in [0.1, 0.15) is 6.61 Å². The van der Waals surface area contributed by atoms with Crippen LogP contribution in [-0.2, 0) is 9.59 Å². The van der Waals surface area contributed by atoms with Crippen LogP contribution in [0.5, 0.6) is 0 Å². The highest BCUT2D eigenvalue weighted by Crippen LogP contribution is 2.29. The fraction of sp³-hybridized carbons (Fsp3) is 0.273. The van der Waals surface area contributed by atoms with Gasteiger partial charge < -0.3 is 5.11 Å². The Bertz CT molecular complexity index is 348. The van der Waals surface area contributed by atoms with E-state index in [-0.39, 0.29) is 10.9 Å². The van der Waals surface area contributed by atoms with E-state index in [1.807, 2.05) is 6.07 Å². The van der Waals surface area contributed by atoms with Crippen molar-refractivity contribution in [2.45, 2.75) is 12.2 Å². The Morgan fingerprint density at radius 2 is 1.93 bits per heavy atom. The summed E-state index contributed by atoms with van der Waals surface area (Å²) in [6.45, 7) is 0.866. The van der Waals surface area contributed by atoms with Gasteiger partial charge in [-0.3, -0.25) is 9.59 Å². The van der Waals surface area contributed by atoms with Crippen LogP contribution in [0.15, 0.2) is 30.3 Å². The topological polar surface area (TPSA) is 54.4 Å². The van der Waals surface area contributed by atoms with Gasteiger partial charge in [0, 0.05) is 6.92 Å². The van der Waals surface area contributed by atoms with Gasteiger partial charge in [0.25, 0.3) is 0 Å². The minimum atomic E-state index is -0.589. The molecule has 80 valence electrons. The normalized spacial score (nSPS) is 12.1. The number of rotatable bonds is 4. The quantitative estimate of drug-likeness (QED) is 0.843. The molecule has 0 amide bonds. The maximum Gasteiger partial charge on any atom is 0.186 e. The Labute approximate surface area is 92.5 Å². The molecule has 0 aliphatic rings. The van der Waals surface area contributed by atoms with Crippen LogP contribution < -0.4 is 0 Å². The molecule has 0 spiro atoms. The molecule has 15 heavy (non-hydrogen) atoms. The first-order valence-electron chi connectivity index (χ1n) is 4.51. The monoisotopic (exact) mass is 224 g/mol. The number of hydrogen-bond acceptors (Lipinski definition) is 4. The van der Waals surface area contributed by atoms with Crippen molar-refractivity contribution in [3.05, 3.63) is 35.9 Å². The highest BCUT2D eigenvalue weighted by molar-refractivity contribution is 8.14. The van der Waals surface area contributed by atoms with Crippen LogP contribution in [0, 0.1) is 0 Å². The van der Waals surface area contributed by atoms with Gasteiger partial charge in [-0.2, -0.15) is 0 Å². The molecule has 0 aliphatic heterocycles. The Kier molecular flexibility index (Phi) is 4.52. The molecule has 4 heteroatoms.